The number of para-hydroxylation sites is 2. The molecule has 1 aliphatic carbocycles. The summed E-state index contributed by atoms with van der Waals surface area (Å²) in [4.78, 5) is 26.2. The average molecular weight is 302 g/mol. The van der Waals surface area contributed by atoms with Crippen molar-refractivity contribution >= 4 is 23.2 Å². The molecule has 1 aliphatic heterocycles. The first kappa shape index (κ1) is 15.0. The van der Waals surface area contributed by atoms with Gasteiger partial charge in [-0.1, -0.05) is 31.4 Å². The predicted molar refractivity (Wildman–Crippen MR) is 84.8 cm³/mol. The first-order valence-corrected chi connectivity index (χ1v) is 8.00. The first-order chi connectivity index (χ1) is 10.7. The fourth-order valence-electron chi connectivity index (χ4n) is 3.19. The molecule has 1 heterocycles. The van der Waals surface area contributed by atoms with Crippen molar-refractivity contribution < 1.29 is 14.3 Å². The number of carbonyl (C=O) groups is 2. The maximum Gasteiger partial charge on any atom is 0.253 e. The molecule has 22 heavy (non-hydrogen) atoms. The molecule has 1 aromatic rings. The Labute approximate surface area is 130 Å². The van der Waals surface area contributed by atoms with E-state index in [1.54, 1.807) is 17.9 Å². The number of nitrogens with one attached hydrogen (secondary N) is 1. The van der Waals surface area contributed by atoms with Crippen molar-refractivity contribution in [2.45, 2.75) is 51.2 Å². The van der Waals surface area contributed by atoms with Crippen LogP contribution in [0.1, 0.15) is 39.0 Å². The number of carbonyl (C=O) groups excluding carboxylic acids is 2. The van der Waals surface area contributed by atoms with E-state index in [1.807, 2.05) is 18.2 Å². The number of anilines is 2. The Hall–Kier alpha value is -1.88. The SMILES string of the molecule is CC1C(=O)Nc2ccccc2N1C(=O)COC1CCCCC1. The molecular weight excluding hydrogens is 280 g/mol. The van der Waals surface area contributed by atoms with Crippen molar-refractivity contribution in [2.75, 3.05) is 16.8 Å². The molecule has 0 radical (unpaired) electrons. The van der Waals surface area contributed by atoms with E-state index in [1.165, 1.54) is 19.3 Å². The second-order valence-electron chi connectivity index (χ2n) is 6.02. The quantitative estimate of drug-likeness (QED) is 0.934. The van der Waals surface area contributed by atoms with Crippen LogP contribution in [0.25, 0.3) is 0 Å². The second kappa shape index (κ2) is 6.48. The number of hydrogen-bond acceptors (Lipinski definition) is 3. The summed E-state index contributed by atoms with van der Waals surface area (Å²) in [6, 6.07) is 6.85. The van der Waals surface area contributed by atoms with Gasteiger partial charge in [-0.25, -0.2) is 0 Å². The van der Waals surface area contributed by atoms with Crippen LogP contribution in [0.2, 0.25) is 0 Å². The van der Waals surface area contributed by atoms with Gasteiger partial charge in [-0.2, -0.15) is 0 Å². The summed E-state index contributed by atoms with van der Waals surface area (Å²) >= 11 is 0. The summed E-state index contributed by atoms with van der Waals surface area (Å²) in [5, 5.41) is 2.83. The van der Waals surface area contributed by atoms with E-state index in [0.29, 0.717) is 5.69 Å². The Morgan fingerprint density at radius 1 is 1.27 bits per heavy atom. The zero-order valence-electron chi connectivity index (χ0n) is 12.9. The third kappa shape index (κ3) is 2.99. The largest absolute Gasteiger partial charge is 0.368 e. The van der Waals surface area contributed by atoms with Gasteiger partial charge in [0.05, 0.1) is 17.5 Å². The standard InChI is InChI=1S/C17H22N2O3/c1-12-17(21)18-14-9-5-6-10-15(14)19(12)16(20)11-22-13-7-3-2-4-8-13/h5-6,9-10,12-13H,2-4,7-8,11H2,1H3,(H,18,21). The number of benzene rings is 1. The minimum absolute atomic E-state index is 0.0383. The highest BCUT2D eigenvalue weighted by molar-refractivity contribution is 6.11. The number of amides is 2. The first-order valence-electron chi connectivity index (χ1n) is 8.00. The lowest BCUT2D eigenvalue weighted by Crippen LogP contribution is -2.50. The van der Waals surface area contributed by atoms with Crippen LogP contribution in [-0.4, -0.2) is 30.6 Å². The van der Waals surface area contributed by atoms with Gasteiger partial charge in [0.25, 0.3) is 5.91 Å². The average Bonchev–Trinajstić information content (AvgIpc) is 2.55. The predicted octanol–water partition coefficient (Wildman–Crippen LogP) is 2.71. The summed E-state index contributed by atoms with van der Waals surface area (Å²) < 4.78 is 5.77. The van der Waals surface area contributed by atoms with E-state index < -0.39 is 6.04 Å². The maximum atomic E-state index is 12.6. The van der Waals surface area contributed by atoms with E-state index in [9.17, 15) is 9.59 Å². The molecule has 5 heteroatoms. The highest BCUT2D eigenvalue weighted by atomic mass is 16.5. The van der Waals surface area contributed by atoms with Gasteiger partial charge in [0.1, 0.15) is 12.6 Å². The van der Waals surface area contributed by atoms with E-state index in [-0.39, 0.29) is 24.5 Å². The molecule has 1 aromatic carbocycles. The zero-order chi connectivity index (χ0) is 15.5. The van der Waals surface area contributed by atoms with Crippen molar-refractivity contribution in [3.8, 4) is 0 Å². The maximum absolute atomic E-state index is 12.6. The van der Waals surface area contributed by atoms with Crippen LogP contribution >= 0.6 is 0 Å². The van der Waals surface area contributed by atoms with Gasteiger partial charge in [0.2, 0.25) is 5.91 Å². The lowest BCUT2D eigenvalue weighted by molar-refractivity contribution is -0.128. The van der Waals surface area contributed by atoms with Crippen molar-refractivity contribution in [1.29, 1.82) is 0 Å². The summed E-state index contributed by atoms with van der Waals surface area (Å²) in [7, 11) is 0. The molecule has 0 spiro atoms. The van der Waals surface area contributed by atoms with Gasteiger partial charge < -0.3 is 10.1 Å². The molecule has 2 aliphatic rings. The zero-order valence-corrected chi connectivity index (χ0v) is 12.9. The van der Waals surface area contributed by atoms with Crippen LogP contribution in [0.3, 0.4) is 0 Å². The van der Waals surface area contributed by atoms with Gasteiger partial charge in [-0.3, -0.25) is 14.5 Å². The van der Waals surface area contributed by atoms with Gasteiger partial charge >= 0.3 is 0 Å². The van der Waals surface area contributed by atoms with Crippen LogP contribution in [0, 0.1) is 0 Å². The normalized spacial score (nSPS) is 22.1. The Morgan fingerprint density at radius 2 is 2.00 bits per heavy atom. The lowest BCUT2D eigenvalue weighted by Gasteiger charge is -2.35. The van der Waals surface area contributed by atoms with E-state index in [2.05, 4.69) is 5.32 Å². The molecule has 118 valence electrons. The van der Waals surface area contributed by atoms with Crippen LogP contribution in [0.15, 0.2) is 24.3 Å². The highest BCUT2D eigenvalue weighted by Gasteiger charge is 2.33. The van der Waals surface area contributed by atoms with E-state index >= 15 is 0 Å². The number of rotatable bonds is 3. The Bertz CT molecular complexity index is 567. The fourth-order valence-corrected chi connectivity index (χ4v) is 3.19. The lowest BCUT2D eigenvalue weighted by atomic mass is 9.98. The molecule has 1 N–H and O–H groups in total. The van der Waals surface area contributed by atoms with Gasteiger partial charge in [0, 0.05) is 0 Å². The molecular formula is C17H22N2O3. The molecule has 1 unspecified atom stereocenters. The molecule has 1 atom stereocenters. The Kier molecular flexibility index (Phi) is 4.43. The number of nitrogens with zero attached hydrogens (tertiary/aromatic N) is 1. The van der Waals surface area contributed by atoms with Crippen LogP contribution < -0.4 is 10.2 Å². The third-order valence-corrected chi connectivity index (χ3v) is 4.45. The Morgan fingerprint density at radius 3 is 2.77 bits per heavy atom. The summed E-state index contributed by atoms with van der Waals surface area (Å²) in [6.45, 7) is 1.78. The minimum Gasteiger partial charge on any atom is -0.368 e. The number of ether oxygens (including phenoxy) is 1. The molecule has 2 amide bonds. The summed E-state index contributed by atoms with van der Waals surface area (Å²) in [5.74, 6) is -0.315. The minimum atomic E-state index is -0.516. The molecule has 0 saturated heterocycles. The van der Waals surface area contributed by atoms with Crippen molar-refractivity contribution in [3.63, 3.8) is 0 Å². The summed E-state index contributed by atoms with van der Waals surface area (Å²) in [6.07, 6.45) is 5.83. The van der Waals surface area contributed by atoms with E-state index in [4.69, 9.17) is 4.74 Å². The molecule has 1 fully saturated rings. The van der Waals surface area contributed by atoms with Crippen molar-refractivity contribution in [3.05, 3.63) is 24.3 Å². The smallest absolute Gasteiger partial charge is 0.253 e. The van der Waals surface area contributed by atoms with Crippen molar-refractivity contribution in [1.82, 2.24) is 0 Å². The third-order valence-electron chi connectivity index (χ3n) is 4.45. The van der Waals surface area contributed by atoms with Crippen molar-refractivity contribution in [2.24, 2.45) is 0 Å². The monoisotopic (exact) mass is 302 g/mol. The van der Waals surface area contributed by atoms with E-state index in [0.717, 1.165) is 18.5 Å². The molecule has 0 aromatic heterocycles. The summed E-state index contributed by atoms with van der Waals surface area (Å²) in [5.41, 5.74) is 1.42. The molecule has 3 rings (SSSR count). The van der Waals surface area contributed by atoms with Crippen LogP contribution in [-0.2, 0) is 14.3 Å². The molecule has 1 saturated carbocycles. The topological polar surface area (TPSA) is 58.6 Å². The van der Waals surface area contributed by atoms with Crippen LogP contribution in [0.5, 0.6) is 0 Å². The Balaban J connectivity index is 1.71. The second-order valence-corrected chi connectivity index (χ2v) is 6.02. The number of hydrogen-bond donors (Lipinski definition) is 1. The molecule has 5 nitrogen and oxygen atoms in total. The molecule has 0 bridgehead atoms. The highest BCUT2D eigenvalue weighted by Crippen LogP contribution is 2.32. The number of fused-ring (bicyclic) bond motifs is 1. The van der Waals surface area contributed by atoms with Gasteiger partial charge in [0.15, 0.2) is 0 Å². The fraction of sp³-hybridized carbons (Fsp3) is 0.529. The van der Waals surface area contributed by atoms with Gasteiger partial charge in [-0.15, -0.1) is 0 Å². The van der Waals surface area contributed by atoms with Gasteiger partial charge in [-0.05, 0) is 31.9 Å². The van der Waals surface area contributed by atoms with Crippen LogP contribution in [0.4, 0.5) is 11.4 Å².